The molecule has 0 aromatic heterocycles. The third-order valence-electron chi connectivity index (χ3n) is 7.29. The molecular weight excluding hydrogens is 669 g/mol. The van der Waals surface area contributed by atoms with Gasteiger partial charge < -0.3 is 15.0 Å². The number of halogens is 3. The lowest BCUT2D eigenvalue weighted by atomic mass is 10.0. The molecule has 1 atom stereocenters. The number of benzene rings is 4. The molecule has 0 fully saturated rings. The van der Waals surface area contributed by atoms with Gasteiger partial charge >= 0.3 is 0 Å². The quantitative estimate of drug-likeness (QED) is 0.163. The standard InChI is InChI=1S/C34H34Cl3N3O5S/c1-4-38-34(42)31(18-24-8-6-5-7-9-24)39(21-25-12-13-26(35)19-29(25)36)33(41)22-40(27-14-17-32(45-3)30(37)20-27)46(43,44)28-15-10-23(2)11-16-28/h5-17,19-20,31H,4,18,21-22H2,1-3H3,(H,38,42)/t31-/m1/s1. The fraction of sp³-hybridized carbons (Fsp3) is 0.235. The van der Waals surface area contributed by atoms with Crippen LogP contribution in [-0.4, -0.2) is 51.4 Å². The van der Waals surface area contributed by atoms with Crippen LogP contribution in [0.15, 0.2) is 95.9 Å². The number of carbonyl (C=O) groups excluding carboxylic acids is 2. The van der Waals surface area contributed by atoms with Crippen molar-refractivity contribution in [2.24, 2.45) is 0 Å². The average Bonchev–Trinajstić information content (AvgIpc) is 3.03. The summed E-state index contributed by atoms with van der Waals surface area (Å²) in [7, 11) is -2.85. The number of nitrogens with zero attached hydrogens (tertiary/aromatic N) is 2. The number of amides is 2. The number of ether oxygens (including phenoxy) is 1. The topological polar surface area (TPSA) is 96.0 Å². The molecule has 46 heavy (non-hydrogen) atoms. The second kappa shape index (κ2) is 15.7. The van der Waals surface area contributed by atoms with Crippen LogP contribution >= 0.6 is 34.8 Å². The number of nitrogens with one attached hydrogen (secondary N) is 1. The molecule has 0 saturated heterocycles. The number of aryl methyl sites for hydroxylation is 1. The molecule has 0 spiro atoms. The normalized spacial score (nSPS) is 11.9. The van der Waals surface area contributed by atoms with Crippen LogP contribution in [0.25, 0.3) is 0 Å². The van der Waals surface area contributed by atoms with Gasteiger partial charge in [-0.25, -0.2) is 8.42 Å². The van der Waals surface area contributed by atoms with Crippen LogP contribution in [0.1, 0.15) is 23.6 Å². The molecule has 8 nitrogen and oxygen atoms in total. The molecule has 1 N–H and O–H groups in total. The van der Waals surface area contributed by atoms with E-state index in [2.05, 4.69) is 5.32 Å². The first-order valence-corrected chi connectivity index (χ1v) is 17.0. The van der Waals surface area contributed by atoms with Crippen LogP contribution in [0.5, 0.6) is 5.75 Å². The van der Waals surface area contributed by atoms with Crippen molar-refractivity contribution < 1.29 is 22.7 Å². The van der Waals surface area contributed by atoms with Crippen LogP contribution in [0.4, 0.5) is 5.69 Å². The molecule has 0 aliphatic carbocycles. The van der Waals surface area contributed by atoms with Gasteiger partial charge in [0.2, 0.25) is 11.8 Å². The van der Waals surface area contributed by atoms with Gasteiger partial charge in [0, 0.05) is 29.6 Å². The second-order valence-electron chi connectivity index (χ2n) is 10.5. The molecule has 0 saturated carbocycles. The molecule has 0 radical (unpaired) electrons. The fourth-order valence-electron chi connectivity index (χ4n) is 4.86. The summed E-state index contributed by atoms with van der Waals surface area (Å²) in [5.74, 6) is -0.700. The summed E-state index contributed by atoms with van der Waals surface area (Å²) in [4.78, 5) is 29.5. The van der Waals surface area contributed by atoms with Gasteiger partial charge in [-0.15, -0.1) is 0 Å². The zero-order chi connectivity index (χ0) is 33.4. The number of hydrogen-bond donors (Lipinski definition) is 1. The fourth-order valence-corrected chi connectivity index (χ4v) is 6.98. The van der Waals surface area contributed by atoms with E-state index in [-0.39, 0.29) is 28.6 Å². The van der Waals surface area contributed by atoms with Crippen LogP contribution < -0.4 is 14.4 Å². The van der Waals surface area contributed by atoms with Crippen molar-refractivity contribution in [3.8, 4) is 5.75 Å². The maximum atomic E-state index is 14.5. The molecule has 242 valence electrons. The van der Waals surface area contributed by atoms with E-state index in [4.69, 9.17) is 39.5 Å². The summed E-state index contributed by atoms with van der Waals surface area (Å²) in [6, 6.07) is 23.9. The number of rotatable bonds is 13. The minimum Gasteiger partial charge on any atom is -0.495 e. The highest BCUT2D eigenvalue weighted by atomic mass is 35.5. The van der Waals surface area contributed by atoms with Crippen molar-refractivity contribution in [2.45, 2.75) is 37.8 Å². The first kappa shape index (κ1) is 35.1. The highest BCUT2D eigenvalue weighted by molar-refractivity contribution is 7.92. The number of carbonyl (C=O) groups is 2. The minimum absolute atomic E-state index is 0.0188. The van der Waals surface area contributed by atoms with Crippen molar-refractivity contribution in [3.63, 3.8) is 0 Å². The molecule has 2 amide bonds. The predicted molar refractivity (Wildman–Crippen MR) is 183 cm³/mol. The Labute approximate surface area is 284 Å². The zero-order valence-electron chi connectivity index (χ0n) is 25.5. The number of methoxy groups -OCH3 is 1. The highest BCUT2D eigenvalue weighted by Gasteiger charge is 2.35. The van der Waals surface area contributed by atoms with E-state index in [0.717, 1.165) is 15.4 Å². The number of anilines is 1. The van der Waals surface area contributed by atoms with Gasteiger partial charge in [0.1, 0.15) is 18.3 Å². The number of hydrogen-bond acceptors (Lipinski definition) is 5. The molecule has 0 bridgehead atoms. The first-order valence-electron chi connectivity index (χ1n) is 14.4. The van der Waals surface area contributed by atoms with Gasteiger partial charge in [0.05, 0.1) is 22.7 Å². The lowest BCUT2D eigenvalue weighted by Gasteiger charge is -2.34. The van der Waals surface area contributed by atoms with Crippen LogP contribution in [-0.2, 0) is 32.6 Å². The molecule has 0 aliphatic rings. The Balaban J connectivity index is 1.84. The van der Waals surface area contributed by atoms with Gasteiger partial charge in [-0.3, -0.25) is 13.9 Å². The Morgan fingerprint density at radius 1 is 0.891 bits per heavy atom. The van der Waals surface area contributed by atoms with Crippen LogP contribution in [0.3, 0.4) is 0 Å². The second-order valence-corrected chi connectivity index (χ2v) is 13.6. The van der Waals surface area contributed by atoms with E-state index in [1.54, 1.807) is 37.3 Å². The third kappa shape index (κ3) is 8.53. The molecule has 0 unspecified atom stereocenters. The predicted octanol–water partition coefficient (Wildman–Crippen LogP) is 6.94. The average molecular weight is 703 g/mol. The van der Waals surface area contributed by atoms with Crippen LogP contribution in [0, 0.1) is 6.92 Å². The van der Waals surface area contributed by atoms with Crippen molar-refractivity contribution >= 4 is 62.3 Å². The SMILES string of the molecule is CCNC(=O)[C@@H](Cc1ccccc1)N(Cc1ccc(Cl)cc1Cl)C(=O)CN(c1ccc(OC)c(Cl)c1)S(=O)(=O)c1ccc(C)cc1. The van der Waals surface area contributed by atoms with E-state index >= 15 is 0 Å². The van der Waals surface area contributed by atoms with E-state index in [1.165, 1.54) is 42.3 Å². The van der Waals surface area contributed by atoms with Crippen molar-refractivity contribution in [3.05, 3.63) is 123 Å². The van der Waals surface area contributed by atoms with Gasteiger partial charge in [-0.1, -0.05) is 88.9 Å². The zero-order valence-corrected chi connectivity index (χ0v) is 28.6. The van der Waals surface area contributed by atoms with Crippen molar-refractivity contribution in [1.82, 2.24) is 10.2 Å². The monoisotopic (exact) mass is 701 g/mol. The lowest BCUT2D eigenvalue weighted by Crippen LogP contribution is -2.53. The van der Waals surface area contributed by atoms with E-state index < -0.39 is 34.4 Å². The van der Waals surface area contributed by atoms with Crippen LogP contribution in [0.2, 0.25) is 15.1 Å². The molecule has 4 aromatic rings. The summed E-state index contributed by atoms with van der Waals surface area (Å²) >= 11 is 19.1. The molecule has 4 rings (SSSR count). The Hall–Kier alpha value is -3.76. The largest absolute Gasteiger partial charge is 0.495 e. The molecule has 0 heterocycles. The van der Waals surface area contributed by atoms with Gasteiger partial charge in [-0.05, 0) is 67.4 Å². The minimum atomic E-state index is -4.30. The van der Waals surface area contributed by atoms with E-state index in [9.17, 15) is 18.0 Å². The Kier molecular flexibility index (Phi) is 12.0. The van der Waals surface area contributed by atoms with E-state index in [1.807, 2.05) is 37.3 Å². The molecular formula is C34H34Cl3N3O5S. The molecule has 12 heteroatoms. The van der Waals surface area contributed by atoms with Gasteiger partial charge in [0.25, 0.3) is 10.0 Å². The summed E-state index contributed by atoms with van der Waals surface area (Å²) < 4.78 is 34.6. The first-order chi connectivity index (χ1) is 21.9. The highest BCUT2D eigenvalue weighted by Crippen LogP contribution is 2.33. The number of likely N-dealkylation sites (N-methyl/N-ethyl adjacent to an activating group) is 1. The smallest absolute Gasteiger partial charge is 0.264 e. The number of sulfonamides is 1. The van der Waals surface area contributed by atoms with E-state index in [0.29, 0.717) is 27.9 Å². The van der Waals surface area contributed by atoms with Gasteiger partial charge in [0.15, 0.2) is 0 Å². The Bertz CT molecular complexity index is 1790. The maximum absolute atomic E-state index is 14.5. The maximum Gasteiger partial charge on any atom is 0.264 e. The molecule has 4 aromatic carbocycles. The molecule has 0 aliphatic heterocycles. The van der Waals surface area contributed by atoms with Crippen molar-refractivity contribution in [2.75, 3.05) is 24.5 Å². The van der Waals surface area contributed by atoms with Crippen molar-refractivity contribution in [1.29, 1.82) is 0 Å². The summed E-state index contributed by atoms with van der Waals surface area (Å²) in [5, 5.41) is 3.69. The van der Waals surface area contributed by atoms with Gasteiger partial charge in [-0.2, -0.15) is 0 Å². The summed E-state index contributed by atoms with van der Waals surface area (Å²) in [6.07, 6.45) is 0.169. The Morgan fingerprint density at radius 2 is 1.59 bits per heavy atom. The third-order valence-corrected chi connectivity index (χ3v) is 9.96. The Morgan fingerprint density at radius 3 is 2.20 bits per heavy atom. The summed E-state index contributed by atoms with van der Waals surface area (Å²) in [5.41, 5.74) is 2.35. The summed E-state index contributed by atoms with van der Waals surface area (Å²) in [6.45, 7) is 3.21. The lowest BCUT2D eigenvalue weighted by molar-refractivity contribution is -0.140.